The molecule has 5 nitrogen and oxygen atoms in total. The minimum Gasteiger partial charge on any atom is -0.494 e. The number of nitrogens with one attached hydrogen (secondary N) is 2. The summed E-state index contributed by atoms with van der Waals surface area (Å²) < 4.78 is 35.3. The van der Waals surface area contributed by atoms with Crippen LogP contribution >= 0.6 is 15.9 Å². The number of anilines is 2. The normalized spacial score (nSPS) is 21.1. The predicted octanol–water partition coefficient (Wildman–Crippen LogP) is 6.48. The minimum atomic E-state index is -3.70. The highest BCUT2D eigenvalue weighted by Crippen LogP contribution is 2.50. The van der Waals surface area contributed by atoms with Gasteiger partial charge in [0, 0.05) is 21.8 Å². The van der Waals surface area contributed by atoms with Gasteiger partial charge in [-0.2, -0.15) is 0 Å². The number of allylic oxidation sites excluding steroid dienone is 2. The van der Waals surface area contributed by atoms with Gasteiger partial charge in [-0.05, 0) is 85.0 Å². The van der Waals surface area contributed by atoms with Crippen LogP contribution in [-0.4, -0.2) is 15.0 Å². The summed E-state index contributed by atoms with van der Waals surface area (Å²) in [5, 5.41) is 3.67. The van der Waals surface area contributed by atoms with Crippen molar-refractivity contribution in [2.75, 3.05) is 16.6 Å². The van der Waals surface area contributed by atoms with Crippen LogP contribution in [0.5, 0.6) is 5.75 Å². The Morgan fingerprint density at radius 2 is 1.82 bits per heavy atom. The van der Waals surface area contributed by atoms with Crippen LogP contribution in [-0.2, 0) is 10.0 Å². The summed E-state index contributed by atoms with van der Waals surface area (Å²) in [4.78, 5) is 0.268. The number of sulfonamides is 1. The average molecular weight is 525 g/mol. The first-order chi connectivity index (χ1) is 15.9. The van der Waals surface area contributed by atoms with Crippen molar-refractivity contribution in [1.29, 1.82) is 0 Å². The number of hydrogen-bond donors (Lipinski definition) is 2. The molecule has 1 aliphatic carbocycles. The molecule has 3 atom stereocenters. The lowest BCUT2D eigenvalue weighted by atomic mass is 9.77. The highest BCUT2D eigenvalue weighted by Gasteiger charge is 2.38. The predicted molar refractivity (Wildman–Crippen MR) is 135 cm³/mol. The maximum Gasteiger partial charge on any atom is 0.261 e. The lowest BCUT2D eigenvalue weighted by Crippen LogP contribution is -2.29. The Bertz CT molecular complexity index is 1290. The topological polar surface area (TPSA) is 67.4 Å². The summed E-state index contributed by atoms with van der Waals surface area (Å²) in [7, 11) is -3.70. The monoisotopic (exact) mass is 524 g/mol. The summed E-state index contributed by atoms with van der Waals surface area (Å²) in [6, 6.07) is 20.9. The molecular weight excluding hydrogens is 500 g/mol. The number of fused-ring (bicyclic) bond motifs is 3. The highest BCUT2D eigenvalue weighted by atomic mass is 79.9. The fraction of sp³-hybridized carbons (Fsp3) is 0.231. The molecule has 3 aromatic rings. The minimum absolute atomic E-state index is 0.150. The van der Waals surface area contributed by atoms with Crippen molar-refractivity contribution in [2.45, 2.75) is 30.2 Å². The van der Waals surface area contributed by atoms with Crippen LogP contribution in [0.1, 0.15) is 36.4 Å². The summed E-state index contributed by atoms with van der Waals surface area (Å²) in [6.07, 6.45) is 5.36. The van der Waals surface area contributed by atoms with E-state index in [1.54, 1.807) is 18.2 Å². The average Bonchev–Trinajstić information content (AvgIpc) is 3.31. The van der Waals surface area contributed by atoms with Crippen molar-refractivity contribution >= 4 is 37.3 Å². The Morgan fingerprint density at radius 3 is 2.55 bits per heavy atom. The molecule has 2 aliphatic rings. The van der Waals surface area contributed by atoms with Crippen LogP contribution in [0.2, 0.25) is 0 Å². The number of rotatable bonds is 6. The fourth-order valence-corrected chi connectivity index (χ4v) is 6.10. The molecule has 0 saturated heterocycles. The van der Waals surface area contributed by atoms with Crippen molar-refractivity contribution in [1.82, 2.24) is 0 Å². The molecule has 0 radical (unpaired) electrons. The van der Waals surface area contributed by atoms with Gasteiger partial charge in [-0.1, -0.05) is 40.2 Å². The van der Waals surface area contributed by atoms with E-state index in [9.17, 15) is 8.42 Å². The van der Waals surface area contributed by atoms with E-state index in [1.807, 2.05) is 43.3 Å². The van der Waals surface area contributed by atoms with E-state index in [4.69, 9.17) is 4.74 Å². The Hall–Kier alpha value is -2.77. The third kappa shape index (κ3) is 4.39. The molecule has 0 saturated carbocycles. The number of ether oxygens (including phenoxy) is 1. The molecule has 0 fully saturated rings. The Labute approximate surface area is 203 Å². The third-order valence-electron chi connectivity index (χ3n) is 6.29. The first-order valence-corrected chi connectivity index (χ1v) is 13.3. The summed E-state index contributed by atoms with van der Waals surface area (Å²) >= 11 is 3.37. The van der Waals surface area contributed by atoms with Gasteiger partial charge in [0.2, 0.25) is 0 Å². The van der Waals surface area contributed by atoms with Crippen LogP contribution in [0.25, 0.3) is 0 Å². The molecule has 0 aromatic heterocycles. The lowest BCUT2D eigenvalue weighted by molar-refractivity contribution is 0.340. The zero-order valence-corrected chi connectivity index (χ0v) is 20.6. The molecule has 0 unspecified atom stereocenters. The second kappa shape index (κ2) is 8.88. The van der Waals surface area contributed by atoms with Crippen LogP contribution in [0.15, 0.2) is 88.3 Å². The molecule has 1 heterocycles. The molecule has 170 valence electrons. The molecule has 0 amide bonds. The number of hydrogen-bond acceptors (Lipinski definition) is 4. The van der Waals surface area contributed by atoms with Gasteiger partial charge in [-0.3, -0.25) is 4.72 Å². The van der Waals surface area contributed by atoms with E-state index in [1.165, 1.54) is 5.56 Å². The fourth-order valence-electron chi connectivity index (χ4n) is 4.74. The smallest absolute Gasteiger partial charge is 0.261 e. The zero-order chi connectivity index (χ0) is 23.0. The molecular formula is C26H25BrN2O3S. The third-order valence-corrected chi connectivity index (χ3v) is 8.20. The van der Waals surface area contributed by atoms with E-state index in [2.05, 4.69) is 50.3 Å². The maximum absolute atomic E-state index is 13.1. The lowest BCUT2D eigenvalue weighted by Gasteiger charge is -2.37. The largest absolute Gasteiger partial charge is 0.494 e. The van der Waals surface area contributed by atoms with E-state index >= 15 is 0 Å². The van der Waals surface area contributed by atoms with Gasteiger partial charge in [0.15, 0.2) is 0 Å². The summed E-state index contributed by atoms with van der Waals surface area (Å²) in [5.41, 5.74) is 3.73. The SMILES string of the molecule is CCOc1ccc([C@H]2Nc3ccc(S(=O)(=O)Nc4ccc(Br)cc4)cc3[C@H]3C=CC[C@H]32)cc1. The Morgan fingerprint density at radius 1 is 1.06 bits per heavy atom. The molecule has 7 heteroatoms. The highest BCUT2D eigenvalue weighted by molar-refractivity contribution is 9.10. The van der Waals surface area contributed by atoms with Crippen LogP contribution in [0, 0.1) is 5.92 Å². The van der Waals surface area contributed by atoms with Gasteiger partial charge >= 0.3 is 0 Å². The van der Waals surface area contributed by atoms with Gasteiger partial charge in [-0.25, -0.2) is 8.42 Å². The van der Waals surface area contributed by atoms with Crippen molar-refractivity contribution in [3.63, 3.8) is 0 Å². The van der Waals surface area contributed by atoms with E-state index < -0.39 is 10.0 Å². The summed E-state index contributed by atoms with van der Waals surface area (Å²) in [5.74, 6) is 1.36. The summed E-state index contributed by atoms with van der Waals surface area (Å²) in [6.45, 7) is 2.62. The quantitative estimate of drug-likeness (QED) is 0.362. The van der Waals surface area contributed by atoms with Gasteiger partial charge in [0.1, 0.15) is 5.75 Å². The van der Waals surface area contributed by atoms with Crippen molar-refractivity contribution in [2.24, 2.45) is 5.92 Å². The van der Waals surface area contributed by atoms with Crippen LogP contribution < -0.4 is 14.8 Å². The van der Waals surface area contributed by atoms with Gasteiger partial charge in [0.25, 0.3) is 10.0 Å². The molecule has 0 spiro atoms. The van der Waals surface area contributed by atoms with Crippen molar-refractivity contribution in [3.05, 3.63) is 94.5 Å². The molecule has 2 N–H and O–H groups in total. The van der Waals surface area contributed by atoms with E-state index in [0.717, 1.165) is 27.9 Å². The van der Waals surface area contributed by atoms with Gasteiger partial charge in [-0.15, -0.1) is 0 Å². The number of benzene rings is 3. The zero-order valence-electron chi connectivity index (χ0n) is 18.2. The Balaban J connectivity index is 1.44. The first-order valence-electron chi connectivity index (χ1n) is 11.0. The second-order valence-corrected chi connectivity index (χ2v) is 10.9. The molecule has 1 aliphatic heterocycles. The van der Waals surface area contributed by atoms with Gasteiger partial charge in [0.05, 0.1) is 17.5 Å². The molecule has 5 rings (SSSR count). The van der Waals surface area contributed by atoms with Crippen molar-refractivity contribution < 1.29 is 13.2 Å². The Kier molecular flexibility index (Phi) is 5.93. The van der Waals surface area contributed by atoms with Crippen molar-refractivity contribution in [3.8, 4) is 5.75 Å². The van der Waals surface area contributed by atoms with E-state index in [-0.39, 0.29) is 16.9 Å². The standard InChI is InChI=1S/C26H25BrN2O3S/c1-2-32-20-12-6-17(7-13-20)26-23-5-3-4-22(23)24-16-21(14-15-25(24)28-26)33(30,31)29-19-10-8-18(27)9-11-19/h3-4,6-16,22-23,26,28-29H,2,5H2,1H3/t22-,23+,26+/m0/s1. The molecule has 0 bridgehead atoms. The van der Waals surface area contributed by atoms with Crippen LogP contribution in [0.3, 0.4) is 0 Å². The number of halogens is 1. The molecule has 3 aromatic carbocycles. The maximum atomic E-state index is 13.1. The second-order valence-electron chi connectivity index (χ2n) is 8.34. The van der Waals surface area contributed by atoms with Crippen LogP contribution in [0.4, 0.5) is 11.4 Å². The first kappa shape index (κ1) is 22.0. The molecule has 33 heavy (non-hydrogen) atoms. The van der Waals surface area contributed by atoms with Gasteiger partial charge < -0.3 is 10.1 Å². The van der Waals surface area contributed by atoms with E-state index in [0.29, 0.717) is 18.2 Å².